The Labute approximate surface area is 105 Å². The molecule has 0 aromatic rings. The van der Waals surface area contributed by atoms with E-state index in [0.717, 1.165) is 13.0 Å². The number of likely N-dealkylation sites (N-methyl/N-ethyl adjacent to an activating group) is 1. The lowest BCUT2D eigenvalue weighted by Crippen LogP contribution is -2.41. The molecule has 1 rings (SSSR count). The zero-order valence-corrected chi connectivity index (χ0v) is 11.5. The standard InChI is InChI=1S/C13H26N2O2/c1-5-10(2)6-13(17)15-9-12(16)7-11(15)8-14(3)4/h10-12,16H,5-9H2,1-4H3. The van der Waals surface area contributed by atoms with Crippen molar-refractivity contribution in [2.24, 2.45) is 5.92 Å². The topological polar surface area (TPSA) is 43.8 Å². The van der Waals surface area contributed by atoms with Gasteiger partial charge >= 0.3 is 0 Å². The van der Waals surface area contributed by atoms with Crippen molar-refractivity contribution in [2.75, 3.05) is 27.2 Å². The Bertz CT molecular complexity index is 256. The van der Waals surface area contributed by atoms with Gasteiger partial charge in [-0.15, -0.1) is 0 Å². The molecule has 1 amide bonds. The highest BCUT2D eigenvalue weighted by Crippen LogP contribution is 2.21. The minimum absolute atomic E-state index is 0.177. The number of carbonyl (C=O) groups is 1. The van der Waals surface area contributed by atoms with Crippen LogP contribution in [0.5, 0.6) is 0 Å². The third kappa shape index (κ3) is 4.28. The van der Waals surface area contributed by atoms with Crippen molar-refractivity contribution >= 4 is 5.91 Å². The molecule has 0 aromatic heterocycles. The lowest BCUT2D eigenvalue weighted by molar-refractivity contribution is -0.133. The van der Waals surface area contributed by atoms with Crippen molar-refractivity contribution in [3.8, 4) is 0 Å². The molecule has 100 valence electrons. The Morgan fingerprint density at radius 3 is 2.71 bits per heavy atom. The number of carbonyl (C=O) groups excluding carboxylic acids is 1. The predicted molar refractivity (Wildman–Crippen MR) is 68.8 cm³/mol. The summed E-state index contributed by atoms with van der Waals surface area (Å²) in [4.78, 5) is 16.1. The fourth-order valence-electron chi connectivity index (χ4n) is 2.35. The summed E-state index contributed by atoms with van der Waals surface area (Å²) < 4.78 is 0. The maximum atomic E-state index is 12.1. The quantitative estimate of drug-likeness (QED) is 0.780. The summed E-state index contributed by atoms with van der Waals surface area (Å²) in [6.45, 7) is 5.55. The third-order valence-electron chi connectivity index (χ3n) is 3.51. The van der Waals surface area contributed by atoms with E-state index in [1.165, 1.54) is 0 Å². The van der Waals surface area contributed by atoms with Gasteiger partial charge in [-0.05, 0) is 26.4 Å². The Morgan fingerprint density at radius 2 is 2.18 bits per heavy atom. The first-order valence-corrected chi connectivity index (χ1v) is 6.56. The number of β-amino-alcohol motifs (C(OH)–C–C–N with tert-alkyl or cyclic N) is 1. The molecule has 3 unspecified atom stereocenters. The van der Waals surface area contributed by atoms with E-state index < -0.39 is 0 Å². The Morgan fingerprint density at radius 1 is 1.53 bits per heavy atom. The molecule has 1 N–H and O–H groups in total. The molecule has 0 spiro atoms. The average Bonchev–Trinajstić information content (AvgIpc) is 2.58. The first-order chi connectivity index (χ1) is 7.93. The molecule has 4 heteroatoms. The summed E-state index contributed by atoms with van der Waals surface area (Å²) in [5.41, 5.74) is 0. The summed E-state index contributed by atoms with van der Waals surface area (Å²) in [6.07, 6.45) is 2.00. The van der Waals surface area contributed by atoms with Crippen LogP contribution in [0, 0.1) is 5.92 Å². The zero-order valence-electron chi connectivity index (χ0n) is 11.5. The maximum Gasteiger partial charge on any atom is 0.223 e. The van der Waals surface area contributed by atoms with E-state index in [1.807, 2.05) is 19.0 Å². The van der Waals surface area contributed by atoms with Gasteiger partial charge in [0.2, 0.25) is 5.91 Å². The number of amides is 1. The molecule has 4 nitrogen and oxygen atoms in total. The van der Waals surface area contributed by atoms with Crippen molar-refractivity contribution in [1.82, 2.24) is 9.80 Å². The second-order valence-electron chi connectivity index (χ2n) is 5.57. The van der Waals surface area contributed by atoms with Crippen molar-refractivity contribution in [2.45, 2.75) is 45.3 Å². The van der Waals surface area contributed by atoms with Gasteiger partial charge in [0, 0.05) is 25.6 Å². The maximum absolute atomic E-state index is 12.1. The number of aliphatic hydroxyl groups excluding tert-OH is 1. The van der Waals surface area contributed by atoms with Crippen LogP contribution in [-0.2, 0) is 4.79 Å². The van der Waals surface area contributed by atoms with Gasteiger partial charge in [-0.3, -0.25) is 4.79 Å². The number of aliphatic hydroxyl groups is 1. The number of likely N-dealkylation sites (tertiary alicyclic amines) is 1. The molecule has 0 aromatic carbocycles. The fourth-order valence-corrected chi connectivity index (χ4v) is 2.35. The Kier molecular flexibility index (Phi) is 5.40. The van der Waals surface area contributed by atoms with E-state index in [4.69, 9.17) is 0 Å². The zero-order chi connectivity index (χ0) is 13.0. The first kappa shape index (κ1) is 14.5. The number of hydrogen-bond donors (Lipinski definition) is 1. The van der Waals surface area contributed by atoms with Crippen LogP contribution >= 0.6 is 0 Å². The second-order valence-corrected chi connectivity index (χ2v) is 5.57. The van der Waals surface area contributed by atoms with Gasteiger partial charge in [-0.25, -0.2) is 0 Å². The summed E-state index contributed by atoms with van der Waals surface area (Å²) in [5.74, 6) is 0.628. The normalized spacial score (nSPS) is 26.6. The summed E-state index contributed by atoms with van der Waals surface area (Å²) in [6, 6.07) is 0.177. The van der Waals surface area contributed by atoms with Gasteiger partial charge in [0.05, 0.1) is 6.10 Å². The highest BCUT2D eigenvalue weighted by atomic mass is 16.3. The van der Waals surface area contributed by atoms with Crippen molar-refractivity contribution < 1.29 is 9.90 Å². The van der Waals surface area contributed by atoms with E-state index in [-0.39, 0.29) is 18.1 Å². The number of rotatable bonds is 5. The SMILES string of the molecule is CCC(C)CC(=O)N1CC(O)CC1CN(C)C. The Balaban J connectivity index is 2.57. The molecule has 0 saturated carbocycles. The molecule has 1 aliphatic heterocycles. The molecule has 3 atom stereocenters. The molecular formula is C13H26N2O2. The molecule has 0 radical (unpaired) electrons. The van der Waals surface area contributed by atoms with Gasteiger partial charge in [-0.1, -0.05) is 20.3 Å². The summed E-state index contributed by atoms with van der Waals surface area (Å²) in [7, 11) is 4.00. The predicted octanol–water partition coefficient (Wildman–Crippen LogP) is 0.946. The Hall–Kier alpha value is -0.610. The van der Waals surface area contributed by atoms with E-state index in [9.17, 15) is 9.90 Å². The van der Waals surface area contributed by atoms with Gasteiger partial charge in [0.1, 0.15) is 0 Å². The van der Waals surface area contributed by atoms with E-state index >= 15 is 0 Å². The van der Waals surface area contributed by atoms with Crippen LogP contribution in [0.2, 0.25) is 0 Å². The largest absolute Gasteiger partial charge is 0.391 e. The highest BCUT2D eigenvalue weighted by Gasteiger charge is 2.34. The van der Waals surface area contributed by atoms with Crippen molar-refractivity contribution in [3.63, 3.8) is 0 Å². The van der Waals surface area contributed by atoms with Gasteiger partial charge in [0.15, 0.2) is 0 Å². The number of hydrogen-bond acceptors (Lipinski definition) is 3. The summed E-state index contributed by atoms with van der Waals surface area (Å²) >= 11 is 0. The molecule has 1 aliphatic rings. The minimum Gasteiger partial charge on any atom is -0.391 e. The van der Waals surface area contributed by atoms with Gasteiger partial charge in [-0.2, -0.15) is 0 Å². The lowest BCUT2D eigenvalue weighted by Gasteiger charge is -2.27. The number of nitrogens with zero attached hydrogens (tertiary/aromatic N) is 2. The van der Waals surface area contributed by atoms with Crippen LogP contribution in [0.4, 0.5) is 0 Å². The smallest absolute Gasteiger partial charge is 0.223 e. The molecule has 0 bridgehead atoms. The average molecular weight is 242 g/mol. The lowest BCUT2D eigenvalue weighted by atomic mass is 10.0. The van der Waals surface area contributed by atoms with Crippen LogP contribution in [0.25, 0.3) is 0 Å². The monoisotopic (exact) mass is 242 g/mol. The van der Waals surface area contributed by atoms with Crippen LogP contribution in [0.15, 0.2) is 0 Å². The van der Waals surface area contributed by atoms with Crippen molar-refractivity contribution in [3.05, 3.63) is 0 Å². The molecular weight excluding hydrogens is 216 g/mol. The molecule has 0 aliphatic carbocycles. The fraction of sp³-hybridized carbons (Fsp3) is 0.923. The van der Waals surface area contributed by atoms with E-state index in [0.29, 0.717) is 25.3 Å². The molecule has 17 heavy (non-hydrogen) atoms. The minimum atomic E-state index is -0.346. The molecule has 1 fully saturated rings. The second kappa shape index (κ2) is 6.36. The highest BCUT2D eigenvalue weighted by molar-refractivity contribution is 5.77. The third-order valence-corrected chi connectivity index (χ3v) is 3.51. The van der Waals surface area contributed by atoms with Crippen LogP contribution < -0.4 is 0 Å². The van der Waals surface area contributed by atoms with E-state index in [2.05, 4.69) is 18.7 Å². The van der Waals surface area contributed by atoms with E-state index in [1.54, 1.807) is 0 Å². The molecule has 1 saturated heterocycles. The molecule has 1 heterocycles. The van der Waals surface area contributed by atoms with Crippen molar-refractivity contribution in [1.29, 1.82) is 0 Å². The first-order valence-electron chi connectivity index (χ1n) is 6.56. The van der Waals surface area contributed by atoms with Crippen LogP contribution in [0.1, 0.15) is 33.1 Å². The van der Waals surface area contributed by atoms with Crippen LogP contribution in [0.3, 0.4) is 0 Å². The van der Waals surface area contributed by atoms with Gasteiger partial charge < -0.3 is 14.9 Å². The van der Waals surface area contributed by atoms with Crippen LogP contribution in [-0.4, -0.2) is 60.1 Å². The van der Waals surface area contributed by atoms with Gasteiger partial charge in [0.25, 0.3) is 0 Å². The summed E-state index contributed by atoms with van der Waals surface area (Å²) in [5, 5.41) is 9.71.